The second-order valence-electron chi connectivity index (χ2n) is 5.91. The lowest BCUT2D eigenvalue weighted by atomic mass is 9.95. The maximum Gasteiger partial charge on any atom is 0.172 e. The first-order valence-electron chi connectivity index (χ1n) is 7.17. The Kier molecular flexibility index (Phi) is 4.47. The van der Waals surface area contributed by atoms with Gasteiger partial charge in [-0.1, -0.05) is 0 Å². The van der Waals surface area contributed by atoms with Crippen LogP contribution >= 0.6 is 0 Å². The summed E-state index contributed by atoms with van der Waals surface area (Å²) >= 11 is 0. The van der Waals surface area contributed by atoms with Crippen LogP contribution in [0.25, 0.3) is 6.08 Å². The molecule has 0 aromatic heterocycles. The summed E-state index contributed by atoms with van der Waals surface area (Å²) in [5.41, 5.74) is 0.600. The van der Waals surface area contributed by atoms with E-state index >= 15 is 0 Å². The number of carbonyl (C=O) groups excluding carboxylic acids is 1. The van der Waals surface area contributed by atoms with Gasteiger partial charge >= 0.3 is 0 Å². The van der Waals surface area contributed by atoms with Gasteiger partial charge in [0, 0.05) is 12.5 Å². The molecule has 5 heteroatoms. The molecule has 1 aliphatic heterocycles. The van der Waals surface area contributed by atoms with E-state index in [1.165, 1.54) is 14.2 Å². The Labute approximate surface area is 130 Å². The Morgan fingerprint density at radius 3 is 2.59 bits per heavy atom. The van der Waals surface area contributed by atoms with E-state index in [9.17, 15) is 9.90 Å². The zero-order valence-corrected chi connectivity index (χ0v) is 13.6. The Balaban J connectivity index is 2.62. The van der Waals surface area contributed by atoms with Gasteiger partial charge in [-0.2, -0.15) is 0 Å². The lowest BCUT2D eigenvalue weighted by Crippen LogP contribution is -2.28. The molecule has 0 amide bonds. The van der Waals surface area contributed by atoms with Gasteiger partial charge in [-0.25, -0.2) is 0 Å². The first kappa shape index (κ1) is 16.4. The van der Waals surface area contributed by atoms with Crippen LogP contribution in [0.15, 0.2) is 12.1 Å². The second-order valence-corrected chi connectivity index (χ2v) is 5.91. The summed E-state index contributed by atoms with van der Waals surface area (Å²) in [5.74, 6) is 1.17. The van der Waals surface area contributed by atoms with Crippen LogP contribution in [0.5, 0.6) is 17.2 Å². The number of carbonyl (C=O) groups is 1. The number of ether oxygens (including phenoxy) is 3. The van der Waals surface area contributed by atoms with Crippen molar-refractivity contribution in [1.29, 1.82) is 0 Å². The lowest BCUT2D eigenvalue weighted by molar-refractivity contribution is 0.0895. The van der Waals surface area contributed by atoms with E-state index in [-0.39, 0.29) is 12.2 Å². The van der Waals surface area contributed by atoms with Crippen LogP contribution in [-0.4, -0.2) is 36.8 Å². The minimum atomic E-state index is -0.733. The molecular formula is C17H22O5. The number of hydrogen-bond donors (Lipinski definition) is 1. The van der Waals surface area contributed by atoms with E-state index < -0.39 is 11.7 Å². The summed E-state index contributed by atoms with van der Waals surface area (Å²) in [6, 6.07) is 1.69. The molecule has 1 aromatic rings. The summed E-state index contributed by atoms with van der Waals surface area (Å²) in [6.45, 7) is 5.45. The predicted molar refractivity (Wildman–Crippen MR) is 83.9 cm³/mol. The number of fused-ring (bicyclic) bond motifs is 1. The van der Waals surface area contributed by atoms with Gasteiger partial charge in [0.05, 0.1) is 25.9 Å². The summed E-state index contributed by atoms with van der Waals surface area (Å²) in [5, 5.41) is 9.48. The average molecular weight is 306 g/mol. The van der Waals surface area contributed by atoms with Gasteiger partial charge in [-0.05, 0) is 32.9 Å². The molecule has 22 heavy (non-hydrogen) atoms. The van der Waals surface area contributed by atoms with Crippen molar-refractivity contribution in [3.8, 4) is 17.2 Å². The van der Waals surface area contributed by atoms with Crippen molar-refractivity contribution in [3.05, 3.63) is 23.3 Å². The molecule has 0 spiro atoms. The van der Waals surface area contributed by atoms with Crippen molar-refractivity contribution in [1.82, 2.24) is 0 Å². The number of rotatable bonds is 5. The lowest BCUT2D eigenvalue weighted by Gasteiger charge is -2.29. The number of aliphatic hydroxyl groups is 1. The van der Waals surface area contributed by atoms with Crippen molar-refractivity contribution < 1.29 is 24.1 Å². The van der Waals surface area contributed by atoms with E-state index in [0.717, 1.165) is 0 Å². The van der Waals surface area contributed by atoms with Crippen molar-refractivity contribution >= 4 is 11.9 Å². The molecule has 1 aliphatic rings. The zero-order chi connectivity index (χ0) is 16.5. The highest BCUT2D eigenvalue weighted by molar-refractivity contribution is 6.03. The second kappa shape index (κ2) is 6.01. The number of ketones is 1. The minimum absolute atomic E-state index is 0.00156. The Morgan fingerprint density at radius 1 is 1.36 bits per heavy atom. The molecule has 120 valence electrons. The average Bonchev–Trinajstić information content (AvgIpc) is 2.42. The molecule has 0 fully saturated rings. The fourth-order valence-corrected chi connectivity index (χ4v) is 2.48. The van der Waals surface area contributed by atoms with E-state index in [0.29, 0.717) is 28.4 Å². The van der Waals surface area contributed by atoms with E-state index in [4.69, 9.17) is 14.2 Å². The maximum atomic E-state index is 12.4. The van der Waals surface area contributed by atoms with Gasteiger partial charge in [0.25, 0.3) is 0 Å². The van der Waals surface area contributed by atoms with E-state index in [1.54, 1.807) is 13.0 Å². The molecule has 1 atom stereocenters. The van der Waals surface area contributed by atoms with Crippen molar-refractivity contribution in [3.63, 3.8) is 0 Å². The van der Waals surface area contributed by atoms with Gasteiger partial charge in [0.2, 0.25) is 0 Å². The molecule has 0 aliphatic carbocycles. The van der Waals surface area contributed by atoms with E-state index in [1.807, 2.05) is 26.0 Å². The number of aliphatic hydroxyl groups excluding tert-OH is 1. The Morgan fingerprint density at radius 2 is 2.05 bits per heavy atom. The first-order chi connectivity index (χ1) is 10.3. The third kappa shape index (κ3) is 3.09. The Hall–Kier alpha value is -2.01. The topological polar surface area (TPSA) is 65.0 Å². The molecule has 1 heterocycles. The van der Waals surface area contributed by atoms with Crippen LogP contribution in [0.2, 0.25) is 0 Å². The summed E-state index contributed by atoms with van der Waals surface area (Å²) in [4.78, 5) is 12.4. The highest BCUT2D eigenvalue weighted by Crippen LogP contribution is 2.44. The smallest absolute Gasteiger partial charge is 0.172 e. The summed E-state index contributed by atoms with van der Waals surface area (Å²) < 4.78 is 16.7. The van der Waals surface area contributed by atoms with Crippen LogP contribution in [0.4, 0.5) is 0 Å². The monoisotopic (exact) mass is 306 g/mol. The standard InChI is InChI=1S/C17H22O5/c1-10(18)8-12(19)15-14(20-4)9-13-11(16(15)21-5)6-7-17(2,3)22-13/h6-7,9-10,18H,8H2,1-5H3/t10-/m1/s1. The van der Waals surface area contributed by atoms with Crippen molar-refractivity contribution in [2.75, 3.05) is 14.2 Å². The maximum absolute atomic E-state index is 12.4. The summed E-state index contributed by atoms with van der Waals surface area (Å²) in [7, 11) is 2.99. The number of hydrogen-bond acceptors (Lipinski definition) is 5. The molecular weight excluding hydrogens is 284 g/mol. The Bertz CT molecular complexity index is 614. The first-order valence-corrected chi connectivity index (χ1v) is 7.17. The van der Waals surface area contributed by atoms with Crippen LogP contribution in [0, 0.1) is 0 Å². The van der Waals surface area contributed by atoms with Gasteiger partial charge in [0.1, 0.15) is 28.4 Å². The van der Waals surface area contributed by atoms with Gasteiger partial charge < -0.3 is 19.3 Å². The molecule has 2 rings (SSSR count). The number of methoxy groups -OCH3 is 2. The molecule has 1 aromatic carbocycles. The zero-order valence-electron chi connectivity index (χ0n) is 13.6. The molecule has 0 unspecified atom stereocenters. The number of Topliss-reactive ketones (excluding diaryl/α,β-unsaturated/α-hetero) is 1. The molecule has 0 saturated carbocycles. The van der Waals surface area contributed by atoms with E-state index in [2.05, 4.69) is 0 Å². The van der Waals surface area contributed by atoms with Crippen LogP contribution in [-0.2, 0) is 0 Å². The normalized spacial score (nSPS) is 16.5. The van der Waals surface area contributed by atoms with Gasteiger partial charge in [-0.15, -0.1) is 0 Å². The number of benzene rings is 1. The molecule has 5 nitrogen and oxygen atoms in total. The van der Waals surface area contributed by atoms with Gasteiger partial charge in [-0.3, -0.25) is 4.79 Å². The molecule has 1 N–H and O–H groups in total. The molecule has 0 radical (unpaired) electrons. The van der Waals surface area contributed by atoms with Crippen molar-refractivity contribution in [2.24, 2.45) is 0 Å². The molecule has 0 saturated heterocycles. The minimum Gasteiger partial charge on any atom is -0.496 e. The quantitative estimate of drug-likeness (QED) is 0.847. The van der Waals surface area contributed by atoms with Crippen LogP contribution in [0.1, 0.15) is 43.1 Å². The third-order valence-electron chi connectivity index (χ3n) is 3.45. The largest absolute Gasteiger partial charge is 0.496 e. The van der Waals surface area contributed by atoms with Crippen LogP contribution in [0.3, 0.4) is 0 Å². The van der Waals surface area contributed by atoms with Gasteiger partial charge in [0.15, 0.2) is 5.78 Å². The highest BCUT2D eigenvalue weighted by atomic mass is 16.5. The fraction of sp³-hybridized carbons (Fsp3) is 0.471. The summed E-state index contributed by atoms with van der Waals surface area (Å²) in [6.07, 6.45) is 3.06. The third-order valence-corrected chi connectivity index (χ3v) is 3.45. The highest BCUT2D eigenvalue weighted by Gasteiger charge is 2.30. The predicted octanol–water partition coefficient (Wildman–Crippen LogP) is 2.84. The fourth-order valence-electron chi connectivity index (χ4n) is 2.48. The van der Waals surface area contributed by atoms with Crippen molar-refractivity contribution in [2.45, 2.75) is 38.9 Å². The molecule has 0 bridgehead atoms. The SMILES string of the molecule is COc1cc2c(c(OC)c1C(=O)C[C@@H](C)O)C=CC(C)(C)O2. The van der Waals surface area contributed by atoms with Crippen LogP contribution < -0.4 is 14.2 Å².